The second-order valence-corrected chi connectivity index (χ2v) is 15.8. The first-order chi connectivity index (χ1) is 24.3. The molecule has 4 aliphatic rings. The van der Waals surface area contributed by atoms with Gasteiger partial charge in [-0.25, -0.2) is 9.59 Å². The van der Waals surface area contributed by atoms with E-state index in [0.717, 1.165) is 11.1 Å². The van der Waals surface area contributed by atoms with Gasteiger partial charge in [-0.15, -0.1) is 0 Å². The molecule has 2 N–H and O–H groups in total. The van der Waals surface area contributed by atoms with Crippen molar-refractivity contribution < 1.29 is 48.0 Å². The number of ether oxygens (including phenoxy) is 5. The third-order valence-corrected chi connectivity index (χ3v) is 10.9. The van der Waals surface area contributed by atoms with Crippen LogP contribution in [0.3, 0.4) is 0 Å². The molecule has 3 unspecified atom stereocenters. The van der Waals surface area contributed by atoms with E-state index in [9.17, 15) is 24.3 Å². The van der Waals surface area contributed by atoms with Crippen LogP contribution in [0, 0.1) is 0 Å². The number of rotatable bonds is 8. The topological polar surface area (TPSA) is 153 Å². The minimum atomic E-state index is -1.85. The third kappa shape index (κ3) is 9.07. The lowest BCUT2D eigenvalue weighted by Gasteiger charge is -2.59. The van der Waals surface area contributed by atoms with Crippen molar-refractivity contribution in [3.05, 3.63) is 46.5 Å². The second kappa shape index (κ2) is 16.4. The van der Waals surface area contributed by atoms with E-state index in [1.807, 2.05) is 19.9 Å². The van der Waals surface area contributed by atoms with Crippen LogP contribution in [0.2, 0.25) is 5.02 Å². The second-order valence-electron chi connectivity index (χ2n) is 14.6. The van der Waals surface area contributed by atoms with E-state index in [-0.39, 0.29) is 41.9 Å². The number of alkyl carbamates (subject to hydrolysis) is 1. The molecule has 15 heteroatoms. The lowest BCUT2D eigenvalue weighted by molar-refractivity contribution is -0.328. The molecule has 0 aromatic heterocycles. The van der Waals surface area contributed by atoms with Gasteiger partial charge in [0.25, 0.3) is 0 Å². The molecular weight excluding hydrogens is 714 g/mol. The molecule has 6 bridgehead atoms. The van der Waals surface area contributed by atoms with E-state index in [2.05, 4.69) is 17.9 Å². The summed E-state index contributed by atoms with van der Waals surface area (Å²) in [5.41, 5.74) is -2.12. The van der Waals surface area contributed by atoms with Gasteiger partial charge in [-0.1, -0.05) is 42.3 Å². The Morgan fingerprint density at radius 2 is 1.88 bits per heavy atom. The Morgan fingerprint density at radius 1 is 1.21 bits per heavy atom. The molecule has 0 spiro atoms. The summed E-state index contributed by atoms with van der Waals surface area (Å²) in [5, 5.41) is 14.5. The average molecular weight is 766 g/mol. The number of halogens is 1. The molecule has 0 radical (unpaired) electrons. The number of anilines is 1. The summed E-state index contributed by atoms with van der Waals surface area (Å²) >= 11 is 11.1. The fourth-order valence-electron chi connectivity index (χ4n) is 7.02. The first-order valence-corrected chi connectivity index (χ1v) is 18.2. The Labute approximate surface area is 316 Å². The number of hydrogen-bond acceptors (Lipinski definition) is 11. The lowest BCUT2D eigenvalue weighted by Crippen LogP contribution is -2.72. The fourth-order valence-corrected chi connectivity index (χ4v) is 7.46. The minimum absolute atomic E-state index is 0.00556. The number of allylic oxidation sites excluding steroid dienone is 3. The van der Waals surface area contributed by atoms with Crippen LogP contribution in [0.1, 0.15) is 72.3 Å². The van der Waals surface area contributed by atoms with Crippen molar-refractivity contribution in [2.45, 2.75) is 120 Å². The molecule has 8 atom stereocenters. The third-order valence-electron chi connectivity index (χ3n) is 10.2. The van der Waals surface area contributed by atoms with Crippen molar-refractivity contribution in [2.75, 3.05) is 33.2 Å². The van der Waals surface area contributed by atoms with Gasteiger partial charge in [-0.05, 0) is 63.5 Å². The van der Waals surface area contributed by atoms with Crippen molar-refractivity contribution in [3.8, 4) is 5.75 Å². The molecular formula is C37H52ClN3O10S. The van der Waals surface area contributed by atoms with Crippen molar-refractivity contribution in [1.29, 1.82) is 0 Å². The molecule has 1 aromatic carbocycles. The quantitative estimate of drug-likeness (QED) is 0.250. The first-order valence-electron chi connectivity index (χ1n) is 17.3. The number of esters is 1. The zero-order chi connectivity index (χ0) is 38.8. The van der Waals surface area contributed by atoms with Gasteiger partial charge in [0.1, 0.15) is 46.3 Å². The Kier molecular flexibility index (Phi) is 13.1. The summed E-state index contributed by atoms with van der Waals surface area (Å²) < 4.78 is 29.4. The molecule has 52 heavy (non-hydrogen) atoms. The van der Waals surface area contributed by atoms with Crippen molar-refractivity contribution in [2.24, 2.45) is 0 Å². The zero-order valence-corrected chi connectivity index (χ0v) is 33.0. The molecule has 5 rings (SSSR count). The van der Waals surface area contributed by atoms with Crippen molar-refractivity contribution >= 4 is 53.8 Å². The number of likely N-dealkylation sites (N-methyl/N-ethyl adjacent to an activating group) is 1. The van der Waals surface area contributed by atoms with E-state index in [1.54, 1.807) is 52.1 Å². The zero-order valence-electron chi connectivity index (χ0n) is 31.4. The van der Waals surface area contributed by atoms with Crippen molar-refractivity contribution in [3.63, 3.8) is 0 Å². The highest BCUT2D eigenvalue weighted by Gasteiger charge is 2.63. The number of thiol groups is 1. The number of methoxy groups -OCH3 is 2. The molecule has 4 heterocycles. The smallest absolute Gasteiger partial charge is 0.409 e. The number of hydrogen-bond donors (Lipinski definition) is 3. The largest absolute Gasteiger partial charge is 0.495 e. The van der Waals surface area contributed by atoms with Gasteiger partial charge in [0, 0.05) is 40.5 Å². The number of carbonyl (C=O) groups excluding carboxylic acids is 4. The highest BCUT2D eigenvalue weighted by molar-refractivity contribution is 7.80. The molecule has 13 nitrogen and oxygen atoms in total. The first kappa shape index (κ1) is 41.5. The molecule has 3 amide bonds. The highest BCUT2D eigenvalue weighted by Crippen LogP contribution is 2.50. The van der Waals surface area contributed by atoms with Gasteiger partial charge in [0.05, 0.1) is 19.2 Å². The number of nitrogens with one attached hydrogen (secondary N) is 1. The number of fused-ring (bicyclic) bond motifs is 6. The van der Waals surface area contributed by atoms with Crippen LogP contribution in [0.15, 0.2) is 35.9 Å². The van der Waals surface area contributed by atoms with Crippen LogP contribution in [-0.4, -0.2) is 109 Å². The summed E-state index contributed by atoms with van der Waals surface area (Å²) in [6.07, 6.45) is 2.29. The molecule has 4 aliphatic heterocycles. The fraction of sp³-hybridized carbons (Fsp3) is 0.622. The van der Waals surface area contributed by atoms with Crippen LogP contribution >= 0.6 is 24.2 Å². The number of benzene rings is 1. The van der Waals surface area contributed by atoms with Crippen LogP contribution in [0.5, 0.6) is 5.75 Å². The normalized spacial score (nSPS) is 32.2. The predicted octanol–water partition coefficient (Wildman–Crippen LogP) is 4.76. The highest BCUT2D eigenvalue weighted by atomic mass is 35.5. The van der Waals surface area contributed by atoms with Crippen molar-refractivity contribution in [1.82, 2.24) is 10.2 Å². The van der Waals surface area contributed by atoms with Gasteiger partial charge in [0.15, 0.2) is 5.72 Å². The van der Waals surface area contributed by atoms with Gasteiger partial charge >= 0.3 is 12.1 Å². The molecule has 2 saturated heterocycles. The summed E-state index contributed by atoms with van der Waals surface area (Å²) in [4.78, 5) is 56.2. The monoisotopic (exact) mass is 765 g/mol. The Morgan fingerprint density at radius 3 is 2.50 bits per heavy atom. The summed E-state index contributed by atoms with van der Waals surface area (Å²) in [6, 6.07) is 2.60. The molecule has 2 fully saturated rings. The molecule has 288 valence electrons. The molecule has 0 aliphatic carbocycles. The van der Waals surface area contributed by atoms with Gasteiger partial charge < -0.3 is 38.6 Å². The standard InChI is InChI=1S/C37H52ClN3O10S/c1-21-11-10-12-27(48-9)37(46)19-29(50-34(45)39-37)36(5)20-35(4,51-36)28(49-33(44)23(3)40(6)30(42)14-13-22(2)52)18-31(43)41(7)25-16-24(15-21)17-26(47-8)32(25)38/h10-12,16-17,22-23,27-29,46,52H,13-15,18-20H2,1-9H3,(H,39,45)/b12-10+,21-11+/t22?,23-,27+,28-,29?,35+,36?,37-/m0/s1. The molecule has 0 saturated carbocycles. The maximum Gasteiger partial charge on any atom is 0.409 e. The number of nitrogens with zero attached hydrogens (tertiary/aromatic N) is 2. The Hall–Kier alpha value is -3.30. The van der Waals surface area contributed by atoms with E-state index in [4.69, 9.17) is 35.3 Å². The maximum atomic E-state index is 14.1. The number of aliphatic hydroxyl groups is 1. The Balaban J connectivity index is 1.75. The van der Waals surface area contributed by atoms with Crippen LogP contribution in [-0.2, 0) is 39.8 Å². The van der Waals surface area contributed by atoms with E-state index >= 15 is 0 Å². The SMILES string of the molecule is COc1cc2cc(c1Cl)N(C)C(=O)C[C@H](OC(=O)[C@H](C)N(C)C(=O)CCC(C)S)[C@@]1(C)CC(C)(O1)C1C[C@@](O)(NC(=O)O1)[C@H](OC)/C=C/C=C(\C)C2. The minimum Gasteiger partial charge on any atom is -0.495 e. The van der Waals surface area contributed by atoms with E-state index < -0.39 is 59.3 Å². The summed E-state index contributed by atoms with van der Waals surface area (Å²) in [5.74, 6) is -1.04. The Bertz CT molecular complexity index is 1590. The van der Waals surface area contributed by atoms with E-state index in [0.29, 0.717) is 24.3 Å². The van der Waals surface area contributed by atoms with Crippen LogP contribution in [0.4, 0.5) is 10.5 Å². The van der Waals surface area contributed by atoms with E-state index in [1.165, 1.54) is 31.1 Å². The lowest BCUT2D eigenvalue weighted by atomic mass is 9.72. The van der Waals surface area contributed by atoms with Crippen LogP contribution < -0.4 is 15.0 Å². The van der Waals surface area contributed by atoms with Crippen LogP contribution in [0.25, 0.3) is 0 Å². The van der Waals surface area contributed by atoms with Gasteiger partial charge in [-0.3, -0.25) is 14.9 Å². The number of carbonyl (C=O) groups is 4. The summed E-state index contributed by atoms with van der Waals surface area (Å²) in [7, 11) is 6.01. The molecule has 1 aromatic rings. The van der Waals surface area contributed by atoms with Gasteiger partial charge in [0.2, 0.25) is 11.8 Å². The van der Waals surface area contributed by atoms with Gasteiger partial charge in [-0.2, -0.15) is 12.6 Å². The predicted molar refractivity (Wildman–Crippen MR) is 199 cm³/mol. The summed E-state index contributed by atoms with van der Waals surface area (Å²) in [6.45, 7) is 8.79. The average Bonchev–Trinajstić information content (AvgIpc) is 3.06. The maximum absolute atomic E-state index is 14.1. The number of amides is 3.